The van der Waals surface area contributed by atoms with E-state index in [0.717, 1.165) is 33.2 Å². The SMILES string of the molecule is Cc1ccc2c(CC(=O)N(CCC#N)Cc3cccnc3)coc2c1C. The van der Waals surface area contributed by atoms with Crippen LogP contribution in [0.15, 0.2) is 47.3 Å². The third-order valence-corrected chi connectivity index (χ3v) is 4.63. The number of nitrogens with zero attached hydrogens (tertiary/aromatic N) is 3. The summed E-state index contributed by atoms with van der Waals surface area (Å²) in [5.74, 6) is -0.0231. The highest BCUT2D eigenvalue weighted by Gasteiger charge is 2.18. The topological polar surface area (TPSA) is 70.1 Å². The van der Waals surface area contributed by atoms with E-state index < -0.39 is 0 Å². The minimum absolute atomic E-state index is 0.0231. The second kappa shape index (κ2) is 7.83. The van der Waals surface area contributed by atoms with Crippen molar-refractivity contribution in [1.82, 2.24) is 9.88 Å². The molecule has 26 heavy (non-hydrogen) atoms. The minimum Gasteiger partial charge on any atom is -0.464 e. The number of aromatic nitrogens is 1. The zero-order valence-corrected chi connectivity index (χ0v) is 15.0. The largest absolute Gasteiger partial charge is 0.464 e. The van der Waals surface area contributed by atoms with Gasteiger partial charge in [-0.1, -0.05) is 18.2 Å². The predicted octanol–water partition coefficient (Wildman–Crippen LogP) is 3.93. The van der Waals surface area contributed by atoms with Gasteiger partial charge < -0.3 is 9.32 Å². The van der Waals surface area contributed by atoms with Gasteiger partial charge in [-0.15, -0.1) is 0 Å². The number of rotatable bonds is 6. The lowest BCUT2D eigenvalue weighted by Crippen LogP contribution is -2.32. The van der Waals surface area contributed by atoms with Crippen LogP contribution in [0.1, 0.15) is 28.7 Å². The molecule has 5 heteroatoms. The van der Waals surface area contributed by atoms with Crippen LogP contribution in [0, 0.1) is 25.2 Å². The highest BCUT2D eigenvalue weighted by Crippen LogP contribution is 2.27. The number of hydrogen-bond donors (Lipinski definition) is 0. The standard InChI is InChI=1S/C21H21N3O2/c1-15-6-7-19-18(14-26-21(19)16(15)2)11-20(25)24(10-4-8-22)13-17-5-3-9-23-12-17/h3,5-7,9,12,14H,4,10-11,13H2,1-2H3. The predicted molar refractivity (Wildman–Crippen MR) is 99.3 cm³/mol. The molecule has 0 spiro atoms. The van der Waals surface area contributed by atoms with Gasteiger partial charge in [0, 0.05) is 36.4 Å². The summed E-state index contributed by atoms with van der Waals surface area (Å²) in [6.07, 6.45) is 5.66. The van der Waals surface area contributed by atoms with Crippen LogP contribution >= 0.6 is 0 Å². The maximum Gasteiger partial charge on any atom is 0.227 e. The molecule has 3 rings (SSSR count). The zero-order valence-electron chi connectivity index (χ0n) is 15.0. The van der Waals surface area contributed by atoms with Crippen LogP contribution in [0.25, 0.3) is 11.0 Å². The first kappa shape index (κ1) is 17.7. The first-order chi connectivity index (χ1) is 12.6. The molecule has 2 heterocycles. The number of fused-ring (bicyclic) bond motifs is 1. The molecule has 0 bridgehead atoms. The van der Waals surface area contributed by atoms with E-state index >= 15 is 0 Å². The summed E-state index contributed by atoms with van der Waals surface area (Å²) in [6, 6.07) is 9.94. The summed E-state index contributed by atoms with van der Waals surface area (Å²) < 4.78 is 5.71. The van der Waals surface area contributed by atoms with Crippen LogP contribution in [-0.4, -0.2) is 22.3 Å². The van der Waals surface area contributed by atoms with Crippen molar-refractivity contribution in [2.24, 2.45) is 0 Å². The van der Waals surface area contributed by atoms with E-state index in [0.29, 0.717) is 19.5 Å². The normalized spacial score (nSPS) is 10.7. The number of amides is 1. The molecular weight excluding hydrogens is 326 g/mol. The van der Waals surface area contributed by atoms with Crippen LogP contribution in [-0.2, 0) is 17.8 Å². The summed E-state index contributed by atoms with van der Waals surface area (Å²) in [7, 11) is 0. The number of hydrogen-bond acceptors (Lipinski definition) is 4. The Labute approximate surface area is 152 Å². The van der Waals surface area contributed by atoms with Crippen molar-refractivity contribution >= 4 is 16.9 Å². The van der Waals surface area contributed by atoms with Gasteiger partial charge in [0.1, 0.15) is 5.58 Å². The van der Waals surface area contributed by atoms with Crippen LogP contribution in [0.4, 0.5) is 0 Å². The van der Waals surface area contributed by atoms with Gasteiger partial charge in [-0.3, -0.25) is 9.78 Å². The Bertz CT molecular complexity index is 955. The lowest BCUT2D eigenvalue weighted by atomic mass is 10.0. The Morgan fingerprint density at radius 1 is 1.31 bits per heavy atom. The van der Waals surface area contributed by atoms with E-state index in [1.165, 1.54) is 0 Å². The third kappa shape index (κ3) is 3.75. The molecule has 0 saturated carbocycles. The van der Waals surface area contributed by atoms with Gasteiger partial charge in [0.2, 0.25) is 5.91 Å². The first-order valence-corrected chi connectivity index (χ1v) is 8.60. The molecule has 0 N–H and O–H groups in total. The van der Waals surface area contributed by atoms with Gasteiger partial charge in [0.25, 0.3) is 0 Å². The molecule has 0 aliphatic rings. The van der Waals surface area contributed by atoms with Crippen molar-refractivity contribution in [1.29, 1.82) is 5.26 Å². The van der Waals surface area contributed by atoms with E-state index in [2.05, 4.69) is 11.1 Å². The molecular formula is C21H21N3O2. The molecule has 3 aromatic rings. The number of nitriles is 1. The van der Waals surface area contributed by atoms with Gasteiger partial charge in [0.15, 0.2) is 0 Å². The molecule has 2 aromatic heterocycles. The Morgan fingerprint density at radius 3 is 2.88 bits per heavy atom. The monoisotopic (exact) mass is 347 g/mol. The van der Waals surface area contributed by atoms with Crippen molar-refractivity contribution in [3.63, 3.8) is 0 Å². The second-order valence-electron chi connectivity index (χ2n) is 6.41. The summed E-state index contributed by atoms with van der Waals surface area (Å²) >= 11 is 0. The fourth-order valence-corrected chi connectivity index (χ4v) is 2.99. The number of carbonyl (C=O) groups is 1. The van der Waals surface area contributed by atoms with Crippen LogP contribution < -0.4 is 0 Å². The number of carbonyl (C=O) groups excluding carboxylic acids is 1. The quantitative estimate of drug-likeness (QED) is 0.677. The lowest BCUT2D eigenvalue weighted by Gasteiger charge is -2.21. The van der Waals surface area contributed by atoms with Crippen molar-refractivity contribution in [2.75, 3.05) is 6.54 Å². The lowest BCUT2D eigenvalue weighted by molar-refractivity contribution is -0.131. The molecule has 0 aliphatic carbocycles. The smallest absolute Gasteiger partial charge is 0.227 e. The zero-order chi connectivity index (χ0) is 18.5. The molecule has 0 fully saturated rings. The summed E-state index contributed by atoms with van der Waals surface area (Å²) in [5.41, 5.74) is 4.92. The Balaban J connectivity index is 1.81. The van der Waals surface area contributed by atoms with Gasteiger partial charge in [0.05, 0.1) is 25.2 Å². The number of furan rings is 1. The number of aryl methyl sites for hydroxylation is 2. The minimum atomic E-state index is -0.0231. The highest BCUT2D eigenvalue weighted by atomic mass is 16.3. The maximum absolute atomic E-state index is 12.9. The molecule has 0 radical (unpaired) electrons. The number of benzene rings is 1. The molecule has 132 valence electrons. The van der Waals surface area contributed by atoms with Crippen LogP contribution in [0.3, 0.4) is 0 Å². The van der Waals surface area contributed by atoms with Gasteiger partial charge >= 0.3 is 0 Å². The summed E-state index contributed by atoms with van der Waals surface area (Å²) in [6.45, 7) is 4.91. The average molecular weight is 347 g/mol. The van der Waals surface area contributed by atoms with E-state index in [-0.39, 0.29) is 12.3 Å². The number of pyridine rings is 1. The molecule has 0 aliphatic heterocycles. The molecule has 1 amide bonds. The first-order valence-electron chi connectivity index (χ1n) is 8.60. The van der Waals surface area contributed by atoms with Crippen molar-refractivity contribution in [2.45, 2.75) is 33.2 Å². The Hall–Kier alpha value is -3.13. The van der Waals surface area contributed by atoms with Crippen LogP contribution in [0.5, 0.6) is 0 Å². The molecule has 0 atom stereocenters. The van der Waals surface area contributed by atoms with Crippen molar-refractivity contribution in [3.8, 4) is 6.07 Å². The average Bonchev–Trinajstić information content (AvgIpc) is 3.06. The molecule has 1 aromatic carbocycles. The molecule has 0 unspecified atom stereocenters. The van der Waals surface area contributed by atoms with Gasteiger partial charge in [-0.05, 0) is 36.6 Å². The second-order valence-corrected chi connectivity index (χ2v) is 6.41. The Morgan fingerprint density at radius 2 is 2.15 bits per heavy atom. The van der Waals surface area contributed by atoms with Gasteiger partial charge in [-0.2, -0.15) is 5.26 Å². The molecule has 5 nitrogen and oxygen atoms in total. The summed E-state index contributed by atoms with van der Waals surface area (Å²) in [4.78, 5) is 18.7. The van der Waals surface area contributed by atoms with E-state index in [1.807, 2.05) is 38.1 Å². The molecule has 0 saturated heterocycles. The Kier molecular flexibility index (Phi) is 5.33. The van der Waals surface area contributed by atoms with E-state index in [4.69, 9.17) is 9.68 Å². The third-order valence-electron chi connectivity index (χ3n) is 4.63. The van der Waals surface area contributed by atoms with Crippen LogP contribution in [0.2, 0.25) is 0 Å². The van der Waals surface area contributed by atoms with Gasteiger partial charge in [-0.25, -0.2) is 0 Å². The maximum atomic E-state index is 12.9. The fraction of sp³-hybridized carbons (Fsp3) is 0.286. The van der Waals surface area contributed by atoms with Crippen molar-refractivity contribution < 1.29 is 9.21 Å². The summed E-state index contributed by atoms with van der Waals surface area (Å²) in [5, 5.41) is 9.88. The van der Waals surface area contributed by atoms with E-state index in [1.54, 1.807) is 23.6 Å². The van der Waals surface area contributed by atoms with E-state index in [9.17, 15) is 4.79 Å². The fourth-order valence-electron chi connectivity index (χ4n) is 2.99. The highest BCUT2D eigenvalue weighted by molar-refractivity contribution is 5.89. The van der Waals surface area contributed by atoms with Crippen molar-refractivity contribution in [3.05, 3.63) is 65.2 Å².